The van der Waals surface area contributed by atoms with E-state index in [1.807, 2.05) is 19.1 Å². The molecule has 0 spiro atoms. The molecule has 98 valence electrons. The molecule has 0 atom stereocenters. The van der Waals surface area contributed by atoms with E-state index in [2.05, 4.69) is 5.32 Å². The normalized spacial score (nSPS) is 9.89. The maximum atomic E-state index is 11.6. The van der Waals surface area contributed by atoms with Crippen LogP contribution in [0.5, 0.6) is 5.75 Å². The SMILES string of the molecule is COc1ccc(C)c(NC(=O)CSCC(=O)O)c1. The third-order valence-corrected chi connectivity index (χ3v) is 3.09. The molecular formula is C12H15NO4S. The van der Waals surface area contributed by atoms with Crippen LogP contribution in [-0.4, -0.2) is 35.6 Å². The lowest BCUT2D eigenvalue weighted by Crippen LogP contribution is -2.16. The molecule has 2 N–H and O–H groups in total. The number of carbonyl (C=O) groups is 2. The van der Waals surface area contributed by atoms with E-state index < -0.39 is 5.97 Å². The Morgan fingerprint density at radius 3 is 2.72 bits per heavy atom. The largest absolute Gasteiger partial charge is 0.497 e. The van der Waals surface area contributed by atoms with Gasteiger partial charge in [0, 0.05) is 11.8 Å². The number of ether oxygens (including phenoxy) is 1. The number of aryl methyl sites for hydroxylation is 1. The molecule has 0 bridgehead atoms. The summed E-state index contributed by atoms with van der Waals surface area (Å²) in [5.41, 5.74) is 1.60. The minimum absolute atomic E-state index is 0.0789. The summed E-state index contributed by atoms with van der Waals surface area (Å²) in [6, 6.07) is 5.39. The van der Waals surface area contributed by atoms with Gasteiger partial charge in [0.1, 0.15) is 5.75 Å². The van der Waals surface area contributed by atoms with E-state index >= 15 is 0 Å². The summed E-state index contributed by atoms with van der Waals surface area (Å²) in [4.78, 5) is 21.9. The fraction of sp³-hybridized carbons (Fsp3) is 0.333. The van der Waals surface area contributed by atoms with Gasteiger partial charge < -0.3 is 15.2 Å². The monoisotopic (exact) mass is 269 g/mol. The van der Waals surface area contributed by atoms with Crippen molar-refractivity contribution in [2.24, 2.45) is 0 Å². The van der Waals surface area contributed by atoms with Crippen LogP contribution in [0.25, 0.3) is 0 Å². The van der Waals surface area contributed by atoms with Crippen LogP contribution in [0.3, 0.4) is 0 Å². The lowest BCUT2D eigenvalue weighted by Gasteiger charge is -2.09. The van der Waals surface area contributed by atoms with Gasteiger partial charge in [0.15, 0.2) is 0 Å². The first-order valence-corrected chi connectivity index (χ1v) is 6.42. The summed E-state index contributed by atoms with van der Waals surface area (Å²) < 4.78 is 5.07. The van der Waals surface area contributed by atoms with Crippen molar-refractivity contribution in [3.05, 3.63) is 23.8 Å². The van der Waals surface area contributed by atoms with E-state index in [0.717, 1.165) is 17.3 Å². The number of aliphatic carboxylic acids is 1. The van der Waals surface area contributed by atoms with Gasteiger partial charge in [-0.15, -0.1) is 11.8 Å². The second kappa shape index (κ2) is 6.90. The van der Waals surface area contributed by atoms with Crippen LogP contribution in [0.15, 0.2) is 18.2 Å². The second-order valence-corrected chi connectivity index (χ2v) is 4.60. The van der Waals surface area contributed by atoms with Crippen molar-refractivity contribution >= 4 is 29.3 Å². The first-order chi connectivity index (χ1) is 8.52. The molecule has 0 aliphatic heterocycles. The van der Waals surface area contributed by atoms with Crippen molar-refractivity contribution in [1.82, 2.24) is 0 Å². The van der Waals surface area contributed by atoms with E-state index in [-0.39, 0.29) is 17.4 Å². The topological polar surface area (TPSA) is 75.6 Å². The lowest BCUT2D eigenvalue weighted by molar-refractivity contribution is -0.133. The molecule has 0 saturated heterocycles. The Morgan fingerprint density at radius 1 is 1.39 bits per heavy atom. The minimum Gasteiger partial charge on any atom is -0.497 e. The van der Waals surface area contributed by atoms with E-state index in [1.165, 1.54) is 0 Å². The van der Waals surface area contributed by atoms with E-state index in [9.17, 15) is 9.59 Å². The fourth-order valence-electron chi connectivity index (χ4n) is 1.28. The van der Waals surface area contributed by atoms with Gasteiger partial charge in [-0.2, -0.15) is 0 Å². The predicted octanol–water partition coefficient (Wildman–Crippen LogP) is 1.76. The first kappa shape index (κ1) is 14.4. The molecule has 0 radical (unpaired) electrons. The molecule has 0 aromatic heterocycles. The molecular weight excluding hydrogens is 254 g/mol. The van der Waals surface area contributed by atoms with Crippen LogP contribution in [0.1, 0.15) is 5.56 Å². The fourth-order valence-corrected chi connectivity index (χ4v) is 1.81. The average molecular weight is 269 g/mol. The highest BCUT2D eigenvalue weighted by molar-refractivity contribution is 8.00. The number of methoxy groups -OCH3 is 1. The van der Waals surface area contributed by atoms with Gasteiger partial charge in [-0.05, 0) is 18.6 Å². The number of hydrogen-bond donors (Lipinski definition) is 2. The zero-order valence-corrected chi connectivity index (χ0v) is 11.0. The summed E-state index contributed by atoms with van der Waals surface area (Å²) in [5.74, 6) is -0.454. The van der Waals surface area contributed by atoms with Crippen molar-refractivity contribution in [2.45, 2.75) is 6.92 Å². The highest BCUT2D eigenvalue weighted by atomic mass is 32.2. The van der Waals surface area contributed by atoms with Crippen molar-refractivity contribution < 1.29 is 19.4 Å². The van der Waals surface area contributed by atoms with Crippen molar-refractivity contribution in [3.63, 3.8) is 0 Å². The highest BCUT2D eigenvalue weighted by Crippen LogP contribution is 2.21. The summed E-state index contributed by atoms with van der Waals surface area (Å²) in [7, 11) is 1.55. The molecule has 1 rings (SSSR count). The van der Waals surface area contributed by atoms with Crippen LogP contribution in [0.2, 0.25) is 0 Å². The molecule has 0 aliphatic carbocycles. The molecule has 1 aromatic rings. The number of thioether (sulfide) groups is 1. The Labute approximate surface area is 110 Å². The second-order valence-electron chi connectivity index (χ2n) is 3.62. The van der Waals surface area contributed by atoms with Gasteiger partial charge in [-0.25, -0.2) is 0 Å². The standard InChI is InChI=1S/C12H15NO4S/c1-8-3-4-9(17-2)5-10(8)13-11(14)6-18-7-12(15)16/h3-5H,6-7H2,1-2H3,(H,13,14)(H,15,16). The molecule has 0 heterocycles. The molecule has 0 aliphatic rings. The summed E-state index contributed by atoms with van der Waals surface area (Å²) >= 11 is 1.06. The van der Waals surface area contributed by atoms with Crippen molar-refractivity contribution in [1.29, 1.82) is 0 Å². The number of nitrogens with one attached hydrogen (secondary N) is 1. The molecule has 1 aromatic carbocycles. The van der Waals surface area contributed by atoms with E-state index in [4.69, 9.17) is 9.84 Å². The number of carbonyl (C=O) groups excluding carboxylic acids is 1. The summed E-state index contributed by atoms with van der Waals surface area (Å²) in [6.07, 6.45) is 0. The Morgan fingerprint density at radius 2 is 2.11 bits per heavy atom. The van der Waals surface area contributed by atoms with E-state index in [0.29, 0.717) is 11.4 Å². The Bertz CT molecular complexity index is 448. The van der Waals surface area contributed by atoms with Gasteiger partial charge in [0.05, 0.1) is 18.6 Å². The van der Waals surface area contributed by atoms with Gasteiger partial charge >= 0.3 is 5.97 Å². The average Bonchev–Trinajstić information content (AvgIpc) is 2.31. The van der Waals surface area contributed by atoms with Crippen LogP contribution >= 0.6 is 11.8 Å². The Kier molecular flexibility index (Phi) is 5.51. The predicted molar refractivity (Wildman–Crippen MR) is 71.3 cm³/mol. The molecule has 0 saturated carbocycles. The Balaban J connectivity index is 2.55. The van der Waals surface area contributed by atoms with Crippen LogP contribution in [0, 0.1) is 6.92 Å². The van der Waals surface area contributed by atoms with E-state index in [1.54, 1.807) is 13.2 Å². The maximum Gasteiger partial charge on any atom is 0.313 e. The number of rotatable bonds is 6. The number of amides is 1. The van der Waals surface area contributed by atoms with Crippen LogP contribution < -0.4 is 10.1 Å². The molecule has 6 heteroatoms. The zero-order valence-electron chi connectivity index (χ0n) is 10.2. The summed E-state index contributed by atoms with van der Waals surface area (Å²) in [6.45, 7) is 1.87. The number of carboxylic acid groups (broad SMARTS) is 1. The van der Waals surface area contributed by atoms with Gasteiger partial charge in [-0.3, -0.25) is 9.59 Å². The molecule has 0 unspecified atom stereocenters. The molecule has 1 amide bonds. The quantitative estimate of drug-likeness (QED) is 0.823. The molecule has 18 heavy (non-hydrogen) atoms. The minimum atomic E-state index is -0.926. The maximum absolute atomic E-state index is 11.6. The van der Waals surface area contributed by atoms with Crippen LogP contribution in [-0.2, 0) is 9.59 Å². The van der Waals surface area contributed by atoms with Crippen molar-refractivity contribution in [3.8, 4) is 5.75 Å². The van der Waals surface area contributed by atoms with Crippen molar-refractivity contribution in [2.75, 3.05) is 23.9 Å². The lowest BCUT2D eigenvalue weighted by atomic mass is 10.2. The third-order valence-electron chi connectivity index (χ3n) is 2.18. The first-order valence-electron chi connectivity index (χ1n) is 5.27. The zero-order chi connectivity index (χ0) is 13.5. The molecule has 0 fully saturated rings. The third kappa shape index (κ3) is 4.67. The number of benzene rings is 1. The number of carboxylic acids is 1. The van der Waals surface area contributed by atoms with Gasteiger partial charge in [0.2, 0.25) is 5.91 Å². The van der Waals surface area contributed by atoms with Crippen LogP contribution in [0.4, 0.5) is 5.69 Å². The molecule has 5 nitrogen and oxygen atoms in total. The number of anilines is 1. The Hall–Kier alpha value is -1.69. The smallest absolute Gasteiger partial charge is 0.313 e. The highest BCUT2D eigenvalue weighted by Gasteiger charge is 2.07. The summed E-state index contributed by atoms with van der Waals surface area (Å²) in [5, 5.41) is 11.2. The van der Waals surface area contributed by atoms with Gasteiger partial charge in [-0.1, -0.05) is 6.07 Å². The van der Waals surface area contributed by atoms with Gasteiger partial charge in [0.25, 0.3) is 0 Å². The number of hydrogen-bond acceptors (Lipinski definition) is 4.